The van der Waals surface area contributed by atoms with Gasteiger partial charge in [0.1, 0.15) is 12.1 Å². The minimum atomic E-state index is -0.370. The SMILES string of the molecule is COC(=O)[C@H](C)N[C@@H]1[C@H](N[C@@H](C)C(=O)OC)[C@@H]2C=C[C@H]1C2. The smallest absolute Gasteiger partial charge is 0.322 e. The fraction of sp³-hybridized carbons (Fsp3) is 0.733. The quantitative estimate of drug-likeness (QED) is 0.540. The molecular formula is C15H24N2O4. The van der Waals surface area contributed by atoms with Gasteiger partial charge in [0.2, 0.25) is 0 Å². The Labute approximate surface area is 125 Å². The molecule has 21 heavy (non-hydrogen) atoms. The molecule has 0 radical (unpaired) electrons. The highest BCUT2D eigenvalue weighted by Gasteiger charge is 2.46. The third kappa shape index (κ3) is 3.27. The van der Waals surface area contributed by atoms with E-state index in [0.29, 0.717) is 11.8 Å². The topological polar surface area (TPSA) is 76.7 Å². The van der Waals surface area contributed by atoms with Gasteiger partial charge in [-0.3, -0.25) is 20.2 Å². The maximum Gasteiger partial charge on any atom is 0.322 e. The normalized spacial score (nSPS) is 32.8. The van der Waals surface area contributed by atoms with Crippen molar-refractivity contribution in [2.45, 2.75) is 44.4 Å². The second-order valence-electron chi connectivity index (χ2n) is 5.82. The monoisotopic (exact) mass is 296 g/mol. The molecule has 118 valence electrons. The lowest BCUT2D eigenvalue weighted by molar-refractivity contribution is -0.144. The molecule has 0 unspecified atom stereocenters. The predicted octanol–water partition coefficient (Wildman–Crippen LogP) is 0.232. The van der Waals surface area contributed by atoms with Crippen LogP contribution in [0, 0.1) is 11.8 Å². The van der Waals surface area contributed by atoms with Gasteiger partial charge < -0.3 is 9.47 Å². The molecule has 0 aromatic rings. The predicted molar refractivity (Wildman–Crippen MR) is 77.5 cm³/mol. The number of nitrogens with one attached hydrogen (secondary N) is 2. The highest BCUT2D eigenvalue weighted by atomic mass is 16.5. The molecule has 6 nitrogen and oxygen atoms in total. The van der Waals surface area contributed by atoms with Gasteiger partial charge in [0.25, 0.3) is 0 Å². The lowest BCUT2D eigenvalue weighted by atomic mass is 9.94. The highest BCUT2D eigenvalue weighted by molar-refractivity contribution is 5.75. The molecule has 2 aliphatic carbocycles. The largest absolute Gasteiger partial charge is 0.468 e. The number of hydrogen-bond acceptors (Lipinski definition) is 6. The van der Waals surface area contributed by atoms with E-state index in [9.17, 15) is 9.59 Å². The number of hydrogen-bond donors (Lipinski definition) is 2. The molecule has 0 aromatic carbocycles. The average molecular weight is 296 g/mol. The molecule has 0 heterocycles. The van der Waals surface area contributed by atoms with E-state index in [0.717, 1.165) is 6.42 Å². The van der Waals surface area contributed by atoms with Crippen molar-refractivity contribution in [3.8, 4) is 0 Å². The maximum absolute atomic E-state index is 11.6. The van der Waals surface area contributed by atoms with Crippen molar-refractivity contribution in [2.75, 3.05) is 14.2 Å². The molecule has 2 rings (SSSR count). The van der Waals surface area contributed by atoms with E-state index in [1.807, 2.05) is 0 Å². The molecule has 1 fully saturated rings. The molecule has 0 amide bonds. The molecule has 2 aliphatic rings. The third-order valence-corrected chi connectivity index (χ3v) is 4.45. The molecule has 1 saturated carbocycles. The average Bonchev–Trinajstić information content (AvgIpc) is 3.08. The summed E-state index contributed by atoms with van der Waals surface area (Å²) < 4.78 is 9.52. The lowest BCUT2D eigenvalue weighted by Crippen LogP contribution is -2.57. The molecular weight excluding hydrogens is 272 g/mol. The second-order valence-corrected chi connectivity index (χ2v) is 5.82. The van der Waals surface area contributed by atoms with Crippen molar-refractivity contribution in [2.24, 2.45) is 11.8 Å². The highest BCUT2D eigenvalue weighted by Crippen LogP contribution is 2.39. The van der Waals surface area contributed by atoms with Crippen LogP contribution in [-0.4, -0.2) is 50.3 Å². The van der Waals surface area contributed by atoms with Crippen molar-refractivity contribution in [3.63, 3.8) is 0 Å². The van der Waals surface area contributed by atoms with Gasteiger partial charge >= 0.3 is 11.9 Å². The molecule has 2 N–H and O–H groups in total. The Morgan fingerprint density at radius 3 is 1.67 bits per heavy atom. The van der Waals surface area contributed by atoms with E-state index in [4.69, 9.17) is 9.47 Å². The van der Waals surface area contributed by atoms with Gasteiger partial charge in [-0.25, -0.2) is 0 Å². The van der Waals surface area contributed by atoms with Crippen LogP contribution >= 0.6 is 0 Å². The minimum Gasteiger partial charge on any atom is -0.468 e. The minimum absolute atomic E-state index is 0.112. The van der Waals surface area contributed by atoms with Crippen LogP contribution in [0.1, 0.15) is 20.3 Å². The molecule has 0 saturated heterocycles. The molecule has 0 spiro atoms. The van der Waals surface area contributed by atoms with Crippen LogP contribution in [-0.2, 0) is 19.1 Å². The van der Waals surface area contributed by atoms with E-state index in [2.05, 4.69) is 22.8 Å². The van der Waals surface area contributed by atoms with Crippen molar-refractivity contribution in [3.05, 3.63) is 12.2 Å². The summed E-state index contributed by atoms with van der Waals surface area (Å²) in [4.78, 5) is 23.2. The van der Waals surface area contributed by atoms with Crippen LogP contribution < -0.4 is 10.6 Å². The number of methoxy groups -OCH3 is 2. The Kier molecular flexibility index (Phi) is 5.00. The summed E-state index contributed by atoms with van der Waals surface area (Å²) in [6.07, 6.45) is 5.41. The Morgan fingerprint density at radius 2 is 1.33 bits per heavy atom. The van der Waals surface area contributed by atoms with Gasteiger partial charge in [-0.1, -0.05) is 12.2 Å². The van der Waals surface area contributed by atoms with Crippen LogP contribution in [0.25, 0.3) is 0 Å². The molecule has 0 aromatic heterocycles. The van der Waals surface area contributed by atoms with Crippen LogP contribution in [0.3, 0.4) is 0 Å². The zero-order valence-electron chi connectivity index (χ0n) is 13.0. The number of fused-ring (bicyclic) bond motifs is 2. The Morgan fingerprint density at radius 1 is 0.952 bits per heavy atom. The first kappa shape index (κ1) is 16.0. The third-order valence-electron chi connectivity index (χ3n) is 4.45. The van der Waals surface area contributed by atoms with Crippen molar-refractivity contribution in [1.82, 2.24) is 10.6 Å². The molecule has 0 aliphatic heterocycles. The Balaban J connectivity index is 2.02. The lowest BCUT2D eigenvalue weighted by Gasteiger charge is -2.33. The van der Waals surface area contributed by atoms with Crippen molar-refractivity contribution >= 4 is 11.9 Å². The van der Waals surface area contributed by atoms with Crippen LogP contribution in [0.15, 0.2) is 12.2 Å². The van der Waals surface area contributed by atoms with E-state index in [1.165, 1.54) is 14.2 Å². The molecule has 6 atom stereocenters. The standard InChI is InChI=1S/C15H24N2O4/c1-8(14(18)20-3)16-12-10-5-6-11(7-10)13(12)17-9(2)15(19)21-4/h5-6,8-13,16-17H,7H2,1-4H3/t8-,9-,10-,11+,12-,13+/m0/s1. The van der Waals surface area contributed by atoms with Crippen LogP contribution in [0.4, 0.5) is 0 Å². The first-order chi connectivity index (χ1) is 9.97. The zero-order valence-corrected chi connectivity index (χ0v) is 13.0. The van der Waals surface area contributed by atoms with Crippen LogP contribution in [0.5, 0.6) is 0 Å². The van der Waals surface area contributed by atoms with E-state index >= 15 is 0 Å². The van der Waals surface area contributed by atoms with E-state index in [-0.39, 0.29) is 36.1 Å². The van der Waals surface area contributed by atoms with Gasteiger partial charge in [0.15, 0.2) is 0 Å². The number of ether oxygens (including phenoxy) is 2. The number of carbonyl (C=O) groups excluding carboxylic acids is 2. The summed E-state index contributed by atoms with van der Waals surface area (Å²) in [6.45, 7) is 3.59. The van der Waals surface area contributed by atoms with E-state index in [1.54, 1.807) is 13.8 Å². The fourth-order valence-corrected chi connectivity index (χ4v) is 3.34. The Hall–Kier alpha value is -1.40. The first-order valence-electron chi connectivity index (χ1n) is 7.34. The number of carbonyl (C=O) groups is 2. The molecule has 2 bridgehead atoms. The zero-order chi connectivity index (χ0) is 15.6. The maximum atomic E-state index is 11.6. The fourth-order valence-electron chi connectivity index (χ4n) is 3.34. The van der Waals surface area contributed by atoms with Crippen molar-refractivity contribution < 1.29 is 19.1 Å². The summed E-state index contributed by atoms with van der Waals surface area (Å²) in [5.41, 5.74) is 0. The summed E-state index contributed by atoms with van der Waals surface area (Å²) >= 11 is 0. The number of esters is 2. The van der Waals surface area contributed by atoms with E-state index < -0.39 is 0 Å². The summed E-state index contributed by atoms with van der Waals surface area (Å²) in [5, 5.41) is 6.67. The first-order valence-corrected chi connectivity index (χ1v) is 7.34. The number of rotatable bonds is 6. The second kappa shape index (κ2) is 6.58. The summed E-state index contributed by atoms with van der Waals surface area (Å²) in [6, 6.07) is -0.515. The van der Waals surface area contributed by atoms with Gasteiger partial charge in [0, 0.05) is 12.1 Å². The van der Waals surface area contributed by atoms with Gasteiger partial charge in [-0.2, -0.15) is 0 Å². The summed E-state index contributed by atoms with van der Waals surface area (Å²) in [5.74, 6) is 0.206. The van der Waals surface area contributed by atoms with Crippen LogP contribution in [0.2, 0.25) is 0 Å². The Bertz CT molecular complexity index is 399. The van der Waals surface area contributed by atoms with Gasteiger partial charge in [0.05, 0.1) is 14.2 Å². The van der Waals surface area contributed by atoms with Gasteiger partial charge in [-0.05, 0) is 32.1 Å². The van der Waals surface area contributed by atoms with Gasteiger partial charge in [-0.15, -0.1) is 0 Å². The molecule has 6 heteroatoms. The summed E-state index contributed by atoms with van der Waals surface area (Å²) in [7, 11) is 2.77. The van der Waals surface area contributed by atoms with Crippen molar-refractivity contribution in [1.29, 1.82) is 0 Å².